The van der Waals surface area contributed by atoms with Gasteiger partial charge < -0.3 is 14.6 Å². The fourth-order valence-electron chi connectivity index (χ4n) is 6.06. The number of hydrogen-bond donors (Lipinski definition) is 1. The molecule has 2 aromatic heterocycles. The van der Waals surface area contributed by atoms with Crippen molar-refractivity contribution >= 4 is 16.8 Å². The van der Waals surface area contributed by atoms with Gasteiger partial charge in [-0.15, -0.1) is 0 Å². The largest absolute Gasteiger partial charge is 0.380 e. The molecule has 3 aromatic rings. The van der Waals surface area contributed by atoms with E-state index < -0.39 is 0 Å². The second kappa shape index (κ2) is 10.3. The van der Waals surface area contributed by atoms with Crippen molar-refractivity contribution in [1.82, 2.24) is 19.8 Å². The molecule has 1 N–H and O–H groups in total. The number of likely N-dealkylation sites (N-methyl/N-ethyl adjacent to an activating group) is 1. The quantitative estimate of drug-likeness (QED) is 0.505. The molecular weight excluding hydrogens is 448 g/mol. The number of nitrogens with one attached hydrogen (secondary N) is 1. The van der Waals surface area contributed by atoms with Gasteiger partial charge in [-0.3, -0.25) is 14.7 Å². The molecule has 5 rings (SSSR count). The molecule has 2 saturated heterocycles. The summed E-state index contributed by atoms with van der Waals surface area (Å²) >= 11 is 0. The predicted molar refractivity (Wildman–Crippen MR) is 146 cm³/mol. The fraction of sp³-hybridized carbons (Fsp3) is 0.533. The highest BCUT2D eigenvalue weighted by Gasteiger charge is 2.28. The third kappa shape index (κ3) is 5.07. The van der Waals surface area contributed by atoms with E-state index in [2.05, 4.69) is 77.8 Å². The molecule has 0 spiro atoms. The number of aromatic amines is 1. The second-order valence-corrected chi connectivity index (χ2v) is 11.1. The minimum atomic E-state index is 0.249. The number of ether oxygens (including phenoxy) is 1. The number of H-pyrrole nitrogens is 1. The van der Waals surface area contributed by atoms with Crippen molar-refractivity contribution in [2.75, 3.05) is 39.9 Å². The van der Waals surface area contributed by atoms with E-state index >= 15 is 0 Å². The van der Waals surface area contributed by atoms with Gasteiger partial charge in [0.15, 0.2) is 0 Å². The van der Waals surface area contributed by atoms with Crippen LogP contribution in [0, 0.1) is 13.8 Å². The molecule has 6 nitrogen and oxygen atoms in total. The number of piperidine rings is 1. The minimum absolute atomic E-state index is 0.249. The molecule has 0 unspecified atom stereocenters. The molecule has 0 saturated carbocycles. The fourth-order valence-corrected chi connectivity index (χ4v) is 6.06. The van der Waals surface area contributed by atoms with Crippen LogP contribution in [0.2, 0.25) is 0 Å². The van der Waals surface area contributed by atoms with Crippen molar-refractivity contribution in [3.8, 4) is 11.3 Å². The van der Waals surface area contributed by atoms with E-state index in [-0.39, 0.29) is 5.91 Å². The van der Waals surface area contributed by atoms with Crippen molar-refractivity contribution in [3.05, 3.63) is 52.8 Å². The summed E-state index contributed by atoms with van der Waals surface area (Å²) in [6.45, 7) is 12.4. The van der Waals surface area contributed by atoms with Crippen molar-refractivity contribution in [2.24, 2.45) is 0 Å². The van der Waals surface area contributed by atoms with Crippen LogP contribution in [0.15, 0.2) is 30.3 Å². The van der Waals surface area contributed by atoms with Crippen LogP contribution in [0.5, 0.6) is 0 Å². The molecule has 2 aliphatic rings. The minimum Gasteiger partial charge on any atom is -0.380 e. The Morgan fingerprint density at radius 2 is 1.86 bits per heavy atom. The average molecular weight is 489 g/mol. The lowest BCUT2D eigenvalue weighted by Gasteiger charge is -2.34. The third-order valence-electron chi connectivity index (χ3n) is 8.04. The van der Waals surface area contributed by atoms with Gasteiger partial charge in [0.1, 0.15) is 0 Å². The van der Waals surface area contributed by atoms with Gasteiger partial charge in [-0.25, -0.2) is 0 Å². The zero-order valence-corrected chi connectivity index (χ0v) is 22.4. The van der Waals surface area contributed by atoms with Gasteiger partial charge in [0.05, 0.1) is 18.8 Å². The van der Waals surface area contributed by atoms with E-state index in [0.29, 0.717) is 24.4 Å². The smallest absolute Gasteiger partial charge is 0.236 e. The first-order chi connectivity index (χ1) is 17.3. The first-order valence-electron chi connectivity index (χ1n) is 13.5. The van der Waals surface area contributed by atoms with Crippen LogP contribution in [0.4, 0.5) is 0 Å². The van der Waals surface area contributed by atoms with E-state index in [4.69, 9.17) is 4.74 Å². The maximum atomic E-state index is 12.9. The van der Waals surface area contributed by atoms with Crippen LogP contribution in [0.25, 0.3) is 22.2 Å². The predicted octanol–water partition coefficient (Wildman–Crippen LogP) is 5.40. The standard InChI is InChI=1S/C30H40N4O2/c1-19(2)29-26-16-23(6-7-27(26)32-30(29)24-14-20(3)31-21(4)15-24)22-8-11-34(12-9-22)28(35)17-33(5)25-10-13-36-18-25/h6-7,14-16,19,22,25,32H,8-13,17-18H2,1-5H3/t25-/m1/s1. The number of hydrogen-bond acceptors (Lipinski definition) is 4. The lowest BCUT2D eigenvalue weighted by Crippen LogP contribution is -2.45. The molecule has 0 bridgehead atoms. The van der Waals surface area contributed by atoms with Crippen LogP contribution in [0.1, 0.15) is 67.5 Å². The molecule has 1 aromatic carbocycles. The van der Waals surface area contributed by atoms with E-state index in [9.17, 15) is 4.79 Å². The van der Waals surface area contributed by atoms with E-state index in [0.717, 1.165) is 57.0 Å². The number of carbonyl (C=O) groups is 1. The maximum absolute atomic E-state index is 12.9. The Hall–Kier alpha value is -2.70. The second-order valence-electron chi connectivity index (χ2n) is 11.1. The van der Waals surface area contributed by atoms with Crippen molar-refractivity contribution in [1.29, 1.82) is 0 Å². The Balaban J connectivity index is 1.32. The number of aryl methyl sites for hydroxylation is 2. The Kier molecular flexibility index (Phi) is 7.18. The number of aromatic nitrogens is 2. The van der Waals surface area contributed by atoms with Gasteiger partial charge in [0, 0.05) is 53.6 Å². The summed E-state index contributed by atoms with van der Waals surface area (Å²) < 4.78 is 5.49. The van der Waals surface area contributed by atoms with E-state index in [1.807, 2.05) is 7.05 Å². The van der Waals surface area contributed by atoms with Crippen molar-refractivity contribution in [2.45, 2.75) is 64.8 Å². The first kappa shape index (κ1) is 25.0. The highest BCUT2D eigenvalue weighted by molar-refractivity contribution is 5.92. The Labute approximate surface area is 215 Å². The number of likely N-dealkylation sites (tertiary alicyclic amines) is 1. The Morgan fingerprint density at radius 1 is 1.14 bits per heavy atom. The number of carbonyl (C=O) groups excluding carboxylic acids is 1. The van der Waals surface area contributed by atoms with Gasteiger partial charge in [0.25, 0.3) is 0 Å². The lowest BCUT2D eigenvalue weighted by molar-refractivity contribution is -0.133. The molecule has 6 heteroatoms. The molecule has 1 amide bonds. The normalized spacial score (nSPS) is 19.2. The van der Waals surface area contributed by atoms with E-state index in [1.54, 1.807) is 0 Å². The Bertz CT molecular complexity index is 1210. The van der Waals surface area contributed by atoms with Crippen LogP contribution in [-0.4, -0.2) is 71.6 Å². The number of rotatable bonds is 6. The summed E-state index contributed by atoms with van der Waals surface area (Å²) in [5, 5.41) is 1.32. The zero-order valence-electron chi connectivity index (χ0n) is 22.4. The molecular formula is C30H40N4O2. The highest BCUT2D eigenvalue weighted by atomic mass is 16.5. The van der Waals surface area contributed by atoms with E-state index in [1.165, 1.54) is 33.3 Å². The molecule has 0 aliphatic carbocycles. The molecule has 4 heterocycles. The molecule has 2 fully saturated rings. The van der Waals surface area contributed by atoms with Gasteiger partial charge in [-0.05, 0) is 87.4 Å². The summed E-state index contributed by atoms with van der Waals surface area (Å²) in [5.74, 6) is 1.14. The maximum Gasteiger partial charge on any atom is 0.236 e. The number of benzene rings is 1. The molecule has 192 valence electrons. The van der Waals surface area contributed by atoms with Gasteiger partial charge >= 0.3 is 0 Å². The topological polar surface area (TPSA) is 61.5 Å². The lowest BCUT2D eigenvalue weighted by atomic mass is 9.87. The third-order valence-corrected chi connectivity index (χ3v) is 8.04. The van der Waals surface area contributed by atoms with Gasteiger partial charge in [-0.1, -0.05) is 19.9 Å². The van der Waals surface area contributed by atoms with Crippen LogP contribution >= 0.6 is 0 Å². The first-order valence-corrected chi connectivity index (χ1v) is 13.5. The average Bonchev–Trinajstić information content (AvgIpc) is 3.51. The van der Waals surface area contributed by atoms with Gasteiger partial charge in [-0.2, -0.15) is 0 Å². The molecule has 2 aliphatic heterocycles. The summed E-state index contributed by atoms with van der Waals surface area (Å²) in [5.41, 5.74) is 8.47. The SMILES string of the molecule is Cc1cc(-c2[nH]c3ccc(C4CCN(C(=O)CN(C)[C@@H]5CCOC5)CC4)cc3c2C(C)C)cc(C)n1. The number of amides is 1. The highest BCUT2D eigenvalue weighted by Crippen LogP contribution is 2.38. The Morgan fingerprint density at radius 3 is 2.50 bits per heavy atom. The van der Waals surface area contributed by atoms with Crippen LogP contribution in [0.3, 0.4) is 0 Å². The number of pyridine rings is 1. The van der Waals surface area contributed by atoms with Gasteiger partial charge in [0.2, 0.25) is 5.91 Å². The van der Waals surface area contributed by atoms with Crippen LogP contribution < -0.4 is 0 Å². The van der Waals surface area contributed by atoms with Crippen molar-refractivity contribution in [3.63, 3.8) is 0 Å². The number of fused-ring (bicyclic) bond motifs is 1. The molecule has 1 atom stereocenters. The summed E-state index contributed by atoms with van der Waals surface area (Å²) in [4.78, 5) is 25.4. The number of nitrogens with zero attached hydrogens (tertiary/aromatic N) is 3. The van der Waals surface area contributed by atoms with Crippen LogP contribution in [-0.2, 0) is 9.53 Å². The zero-order chi connectivity index (χ0) is 25.4. The van der Waals surface area contributed by atoms with Crippen molar-refractivity contribution < 1.29 is 9.53 Å². The summed E-state index contributed by atoms with van der Waals surface area (Å²) in [6, 6.07) is 11.7. The molecule has 36 heavy (non-hydrogen) atoms. The molecule has 0 radical (unpaired) electrons. The summed E-state index contributed by atoms with van der Waals surface area (Å²) in [6.07, 6.45) is 3.06. The monoisotopic (exact) mass is 488 g/mol. The summed E-state index contributed by atoms with van der Waals surface area (Å²) in [7, 11) is 2.05.